The van der Waals surface area contributed by atoms with E-state index in [9.17, 15) is 0 Å². The van der Waals surface area contributed by atoms with Gasteiger partial charge in [0, 0.05) is 71.0 Å². The first-order chi connectivity index (χ1) is 32.6. The lowest BCUT2D eigenvalue weighted by atomic mass is 9.97. The SMILES string of the molecule is CC1=C=C(c2cccc3oc4ccc(-c5ccc6c(c5)c5ccccc5n6-c5ccccc5)cc4c23)N=C(c2cccc3oc4ccccc4c23)N=C1c1cccc2oc3ccccc3c12. The Morgan fingerprint density at radius 2 is 0.909 bits per heavy atom. The van der Waals surface area contributed by atoms with Crippen molar-refractivity contribution in [3.63, 3.8) is 0 Å². The van der Waals surface area contributed by atoms with Crippen LogP contribution in [0.2, 0.25) is 0 Å². The number of aliphatic imine (C=N–C) groups is 2. The highest BCUT2D eigenvalue weighted by molar-refractivity contribution is 6.30. The molecule has 0 fully saturated rings. The molecule has 0 unspecified atom stereocenters. The monoisotopic (exact) mass is 845 g/mol. The molecule has 0 spiro atoms. The van der Waals surface area contributed by atoms with Gasteiger partial charge in [0.15, 0.2) is 5.84 Å². The highest BCUT2D eigenvalue weighted by Gasteiger charge is 2.24. The molecule has 0 aliphatic carbocycles. The lowest BCUT2D eigenvalue weighted by Crippen LogP contribution is -2.08. The summed E-state index contributed by atoms with van der Waals surface area (Å²) in [6.45, 7) is 2.07. The van der Waals surface area contributed by atoms with Crippen LogP contribution >= 0.6 is 0 Å². The second-order valence-electron chi connectivity index (χ2n) is 17.0. The molecule has 9 aromatic carbocycles. The van der Waals surface area contributed by atoms with E-state index >= 15 is 0 Å². The van der Waals surface area contributed by atoms with Crippen LogP contribution in [0.4, 0.5) is 0 Å². The lowest BCUT2D eigenvalue weighted by Gasteiger charge is -2.09. The summed E-state index contributed by atoms with van der Waals surface area (Å²) < 4.78 is 21.8. The number of nitrogens with zero attached hydrogens (tertiary/aromatic N) is 3. The minimum absolute atomic E-state index is 0.555. The van der Waals surface area contributed by atoms with Gasteiger partial charge in [-0.25, -0.2) is 9.98 Å². The second kappa shape index (κ2) is 14.0. The van der Waals surface area contributed by atoms with Crippen LogP contribution in [-0.4, -0.2) is 16.1 Å². The standard InChI is InChI=1S/C60H35N3O3/c1-35-32-47(61-60(44-21-13-27-55-58(44)42-18-7-10-24-51(42)65-55)62-59(35)43-20-12-26-54-57(43)41-17-6-9-23-50(41)64-54)40-19-11-25-53-56(40)46-34-37(29-31-52(46)66-53)36-28-30-49-45(33-36)39-16-5-8-22-48(39)63(49)38-14-3-2-4-15-38/h2-31,33-34H,1H3. The first-order valence-corrected chi connectivity index (χ1v) is 22.1. The minimum atomic E-state index is 0.555. The van der Waals surface area contributed by atoms with Crippen molar-refractivity contribution in [2.45, 2.75) is 6.92 Å². The van der Waals surface area contributed by atoms with Crippen molar-refractivity contribution >= 4 is 105 Å². The number of aromatic nitrogens is 1. The van der Waals surface area contributed by atoms with Crippen molar-refractivity contribution in [2.75, 3.05) is 0 Å². The predicted molar refractivity (Wildman–Crippen MR) is 270 cm³/mol. The van der Waals surface area contributed by atoms with Crippen molar-refractivity contribution < 1.29 is 13.3 Å². The van der Waals surface area contributed by atoms with Gasteiger partial charge in [-0.2, -0.15) is 0 Å². The molecule has 13 aromatic rings. The molecule has 6 heteroatoms. The van der Waals surface area contributed by atoms with E-state index in [1.54, 1.807) is 0 Å². The number of rotatable bonds is 5. The summed E-state index contributed by atoms with van der Waals surface area (Å²) in [5.74, 6) is 0.555. The van der Waals surface area contributed by atoms with Crippen LogP contribution in [0.25, 0.3) is 110 Å². The van der Waals surface area contributed by atoms with Crippen LogP contribution in [0.15, 0.2) is 229 Å². The number of para-hydroxylation sites is 4. The Bertz CT molecular complexity index is 4340. The van der Waals surface area contributed by atoms with Crippen LogP contribution in [0, 0.1) is 0 Å². The fourth-order valence-electron chi connectivity index (χ4n) is 10.2. The van der Waals surface area contributed by atoms with Crippen LogP contribution in [0.5, 0.6) is 0 Å². The quantitative estimate of drug-likeness (QED) is 0.162. The molecule has 4 aromatic heterocycles. The normalized spacial score (nSPS) is 13.3. The maximum absolute atomic E-state index is 6.64. The smallest absolute Gasteiger partial charge is 0.161 e. The first kappa shape index (κ1) is 36.5. The zero-order valence-corrected chi connectivity index (χ0v) is 35.5. The maximum atomic E-state index is 6.64. The molecule has 308 valence electrons. The van der Waals surface area contributed by atoms with E-state index in [-0.39, 0.29) is 0 Å². The number of allylic oxidation sites excluding steroid dienone is 1. The third-order valence-electron chi connectivity index (χ3n) is 13.2. The fourth-order valence-corrected chi connectivity index (χ4v) is 10.2. The third-order valence-corrected chi connectivity index (χ3v) is 13.2. The van der Waals surface area contributed by atoms with Crippen molar-refractivity contribution in [3.05, 3.63) is 222 Å². The average molecular weight is 846 g/mol. The fraction of sp³-hybridized carbons (Fsp3) is 0.0167. The molecule has 14 rings (SSSR count). The number of hydrogen-bond acceptors (Lipinski definition) is 5. The minimum Gasteiger partial charge on any atom is -0.456 e. The molecular weight excluding hydrogens is 811 g/mol. The van der Waals surface area contributed by atoms with E-state index in [4.69, 9.17) is 23.2 Å². The highest BCUT2D eigenvalue weighted by atomic mass is 16.3. The Morgan fingerprint density at radius 3 is 1.62 bits per heavy atom. The molecule has 0 bridgehead atoms. The molecular formula is C60H35N3O3. The van der Waals surface area contributed by atoms with Crippen molar-refractivity contribution in [1.82, 2.24) is 4.57 Å². The van der Waals surface area contributed by atoms with Gasteiger partial charge in [-0.05, 0) is 90.8 Å². The van der Waals surface area contributed by atoms with Gasteiger partial charge in [0.25, 0.3) is 0 Å². The summed E-state index contributed by atoms with van der Waals surface area (Å²) in [4.78, 5) is 11.1. The van der Waals surface area contributed by atoms with E-state index in [0.717, 1.165) is 116 Å². The Labute approximate surface area is 377 Å². The summed E-state index contributed by atoms with van der Waals surface area (Å²) >= 11 is 0. The Kier molecular flexibility index (Phi) is 7.76. The Balaban J connectivity index is 0.996. The molecule has 0 saturated carbocycles. The molecule has 0 amide bonds. The van der Waals surface area contributed by atoms with E-state index in [0.29, 0.717) is 11.5 Å². The van der Waals surface area contributed by atoms with E-state index in [1.165, 1.54) is 16.3 Å². The predicted octanol–water partition coefficient (Wildman–Crippen LogP) is 16.0. The third kappa shape index (κ3) is 5.43. The van der Waals surface area contributed by atoms with E-state index in [1.807, 2.05) is 72.8 Å². The number of hydrogen-bond donors (Lipinski definition) is 0. The summed E-state index contributed by atoms with van der Waals surface area (Å²) in [6.07, 6.45) is 0. The van der Waals surface area contributed by atoms with Gasteiger partial charge in [-0.15, -0.1) is 0 Å². The molecule has 5 heterocycles. The summed E-state index contributed by atoms with van der Waals surface area (Å²) in [7, 11) is 0. The molecule has 0 atom stereocenters. The lowest BCUT2D eigenvalue weighted by molar-refractivity contribution is 0.668. The molecule has 0 saturated heterocycles. The average Bonchev–Trinajstić information content (AvgIpc) is 4.11. The number of benzene rings is 9. The highest BCUT2D eigenvalue weighted by Crippen LogP contribution is 2.41. The molecule has 0 N–H and O–H groups in total. The number of fused-ring (bicyclic) bond motifs is 12. The zero-order chi connectivity index (χ0) is 43.5. The van der Waals surface area contributed by atoms with Gasteiger partial charge in [-0.1, -0.05) is 127 Å². The summed E-state index contributed by atoms with van der Waals surface area (Å²) in [5, 5.41) is 8.37. The van der Waals surface area contributed by atoms with E-state index < -0.39 is 0 Å². The van der Waals surface area contributed by atoms with Crippen molar-refractivity contribution in [3.8, 4) is 16.8 Å². The maximum Gasteiger partial charge on any atom is 0.161 e. The van der Waals surface area contributed by atoms with Gasteiger partial charge in [0.1, 0.15) is 39.2 Å². The Morgan fingerprint density at radius 1 is 0.394 bits per heavy atom. The Hall–Kier alpha value is -8.96. The van der Waals surface area contributed by atoms with Gasteiger partial charge in [0.05, 0.1) is 16.7 Å². The van der Waals surface area contributed by atoms with Gasteiger partial charge < -0.3 is 17.8 Å². The van der Waals surface area contributed by atoms with Gasteiger partial charge in [-0.3, -0.25) is 0 Å². The molecule has 66 heavy (non-hydrogen) atoms. The number of furan rings is 3. The first-order valence-electron chi connectivity index (χ1n) is 22.1. The van der Waals surface area contributed by atoms with Crippen LogP contribution in [0.1, 0.15) is 23.6 Å². The molecule has 6 nitrogen and oxygen atoms in total. The van der Waals surface area contributed by atoms with Gasteiger partial charge >= 0.3 is 0 Å². The molecule has 1 aliphatic rings. The van der Waals surface area contributed by atoms with Crippen LogP contribution in [0.3, 0.4) is 0 Å². The van der Waals surface area contributed by atoms with Crippen LogP contribution in [-0.2, 0) is 0 Å². The molecule has 0 radical (unpaired) electrons. The molecule has 1 aliphatic heterocycles. The number of amidine groups is 1. The summed E-state index contributed by atoms with van der Waals surface area (Å²) in [6, 6.07) is 67.3. The topological polar surface area (TPSA) is 69.1 Å². The largest absolute Gasteiger partial charge is 0.456 e. The van der Waals surface area contributed by atoms with Crippen LogP contribution < -0.4 is 0 Å². The zero-order valence-electron chi connectivity index (χ0n) is 35.5. The van der Waals surface area contributed by atoms with Crippen molar-refractivity contribution in [1.29, 1.82) is 0 Å². The van der Waals surface area contributed by atoms with E-state index in [2.05, 4.69) is 139 Å². The van der Waals surface area contributed by atoms with Crippen molar-refractivity contribution in [2.24, 2.45) is 9.98 Å². The van der Waals surface area contributed by atoms with Gasteiger partial charge in [0.2, 0.25) is 0 Å². The summed E-state index contributed by atoms with van der Waals surface area (Å²) in [5.41, 5.74) is 19.2. The second-order valence-corrected chi connectivity index (χ2v) is 17.0.